The molecule has 0 saturated carbocycles. The molecule has 3 aromatic rings. The molecule has 1 aromatic heterocycles. The Hall–Kier alpha value is -2.88. The van der Waals surface area contributed by atoms with Crippen LogP contribution in [0.15, 0.2) is 59.7 Å². The molecule has 0 aliphatic carbocycles. The highest BCUT2D eigenvalue weighted by molar-refractivity contribution is 5.98. The van der Waals surface area contributed by atoms with Crippen molar-refractivity contribution in [2.45, 2.75) is 25.0 Å². The summed E-state index contributed by atoms with van der Waals surface area (Å²) in [5.74, 6) is 0.802. The Morgan fingerprint density at radius 3 is 2.68 bits per heavy atom. The first-order valence-electron chi connectivity index (χ1n) is 8.50. The van der Waals surface area contributed by atoms with E-state index in [-0.39, 0.29) is 5.41 Å². The Labute approximate surface area is 146 Å². The summed E-state index contributed by atoms with van der Waals surface area (Å²) in [4.78, 5) is 11.5. The summed E-state index contributed by atoms with van der Waals surface area (Å²) < 4.78 is 6.65. The Bertz CT molecular complexity index is 1040. The van der Waals surface area contributed by atoms with Gasteiger partial charge in [-0.1, -0.05) is 18.2 Å². The van der Waals surface area contributed by atoms with Crippen molar-refractivity contribution in [3.63, 3.8) is 0 Å². The second-order valence-electron chi connectivity index (χ2n) is 7.24. The van der Waals surface area contributed by atoms with Crippen LogP contribution in [0.2, 0.25) is 0 Å². The fraction of sp³-hybridized carbons (Fsp3) is 0.238. The molecule has 25 heavy (non-hydrogen) atoms. The van der Waals surface area contributed by atoms with E-state index in [1.807, 2.05) is 30.5 Å². The third kappa shape index (κ3) is 1.66. The molecule has 0 radical (unpaired) electrons. The molecule has 0 saturated heterocycles. The number of anilines is 1. The quantitative estimate of drug-likeness (QED) is 0.611. The average Bonchev–Trinajstić information content (AvgIpc) is 2.81. The van der Waals surface area contributed by atoms with Crippen LogP contribution in [0.4, 0.5) is 11.4 Å². The van der Waals surface area contributed by atoms with Crippen LogP contribution in [-0.4, -0.2) is 24.0 Å². The standard InChI is InChI=1S/C21H19N3O/c1-20(2)15-8-4-5-9-17(15)24(3)21(20)13-23-19-14-7-6-12-22-16(14)10-11-18(19)25-21/h4-13H,1-3H3/t21-/m1/s1. The van der Waals surface area contributed by atoms with Gasteiger partial charge >= 0.3 is 0 Å². The predicted molar refractivity (Wildman–Crippen MR) is 101 cm³/mol. The number of likely N-dealkylation sites (N-methyl/N-ethyl adjacent to an activating group) is 1. The third-order valence-electron chi connectivity index (χ3n) is 5.69. The molecule has 0 fully saturated rings. The van der Waals surface area contributed by atoms with Gasteiger partial charge in [-0.15, -0.1) is 0 Å². The van der Waals surface area contributed by atoms with Gasteiger partial charge in [-0.3, -0.25) is 9.98 Å². The number of benzene rings is 2. The maximum absolute atomic E-state index is 6.65. The predicted octanol–water partition coefficient (Wildman–Crippen LogP) is 4.45. The second kappa shape index (κ2) is 4.60. The van der Waals surface area contributed by atoms with E-state index in [2.05, 4.69) is 55.0 Å². The lowest BCUT2D eigenvalue weighted by Crippen LogP contribution is -2.61. The van der Waals surface area contributed by atoms with Gasteiger partial charge in [0.15, 0.2) is 0 Å². The molecule has 4 nitrogen and oxygen atoms in total. The molecule has 124 valence electrons. The number of rotatable bonds is 0. The topological polar surface area (TPSA) is 37.7 Å². The number of fused-ring (bicyclic) bond motifs is 4. The van der Waals surface area contributed by atoms with Crippen LogP contribution in [0.5, 0.6) is 5.75 Å². The van der Waals surface area contributed by atoms with Gasteiger partial charge in [-0.25, -0.2) is 0 Å². The fourth-order valence-electron chi connectivity index (χ4n) is 4.21. The Balaban J connectivity index is 1.72. The van der Waals surface area contributed by atoms with Gasteiger partial charge in [0.05, 0.1) is 17.1 Å². The smallest absolute Gasteiger partial charge is 0.228 e. The van der Waals surface area contributed by atoms with E-state index in [0.29, 0.717) is 0 Å². The van der Waals surface area contributed by atoms with Gasteiger partial charge in [0.2, 0.25) is 5.72 Å². The first-order valence-corrected chi connectivity index (χ1v) is 8.50. The van der Waals surface area contributed by atoms with Crippen molar-refractivity contribution < 1.29 is 4.74 Å². The molecule has 0 unspecified atom stereocenters. The summed E-state index contributed by atoms with van der Waals surface area (Å²) in [6.45, 7) is 4.43. The molecule has 3 heterocycles. The van der Waals surface area contributed by atoms with Crippen LogP contribution in [0.25, 0.3) is 10.9 Å². The zero-order chi connectivity index (χ0) is 17.2. The van der Waals surface area contributed by atoms with Crippen molar-refractivity contribution in [2.75, 3.05) is 11.9 Å². The number of ether oxygens (including phenoxy) is 1. The van der Waals surface area contributed by atoms with Crippen LogP contribution in [-0.2, 0) is 5.41 Å². The Kier molecular flexibility index (Phi) is 2.66. The van der Waals surface area contributed by atoms with Crippen molar-refractivity contribution in [1.82, 2.24) is 4.98 Å². The van der Waals surface area contributed by atoms with Crippen molar-refractivity contribution in [3.05, 3.63) is 60.3 Å². The van der Waals surface area contributed by atoms with Gasteiger partial charge in [0, 0.05) is 24.3 Å². The SMILES string of the molecule is CN1c2ccccc2C(C)(C)[C@]12C=Nc1c(ccc3ncccc13)O2. The summed E-state index contributed by atoms with van der Waals surface area (Å²) in [6, 6.07) is 16.4. The third-order valence-corrected chi connectivity index (χ3v) is 5.69. The monoisotopic (exact) mass is 329 g/mol. The van der Waals surface area contributed by atoms with Crippen LogP contribution in [0.3, 0.4) is 0 Å². The molecule has 4 heteroatoms. The molecule has 0 amide bonds. The van der Waals surface area contributed by atoms with Gasteiger partial charge < -0.3 is 9.64 Å². The van der Waals surface area contributed by atoms with Crippen LogP contribution >= 0.6 is 0 Å². The lowest BCUT2D eigenvalue weighted by Gasteiger charge is -2.44. The molecule has 2 aliphatic rings. The van der Waals surface area contributed by atoms with Crippen molar-refractivity contribution in [1.29, 1.82) is 0 Å². The van der Waals surface area contributed by atoms with Crippen LogP contribution in [0.1, 0.15) is 19.4 Å². The van der Waals surface area contributed by atoms with Crippen LogP contribution in [0, 0.1) is 0 Å². The fourth-order valence-corrected chi connectivity index (χ4v) is 4.21. The lowest BCUT2D eigenvalue weighted by molar-refractivity contribution is 0.0826. The zero-order valence-electron chi connectivity index (χ0n) is 14.5. The van der Waals surface area contributed by atoms with Crippen molar-refractivity contribution in [3.8, 4) is 5.75 Å². The summed E-state index contributed by atoms with van der Waals surface area (Å²) in [7, 11) is 2.08. The van der Waals surface area contributed by atoms with E-state index in [4.69, 9.17) is 9.73 Å². The molecule has 1 spiro atoms. The van der Waals surface area contributed by atoms with Crippen molar-refractivity contribution >= 4 is 28.5 Å². The first kappa shape index (κ1) is 14.5. The minimum atomic E-state index is -0.639. The van der Waals surface area contributed by atoms with E-state index in [0.717, 1.165) is 22.3 Å². The van der Waals surface area contributed by atoms with E-state index in [9.17, 15) is 0 Å². The minimum Gasteiger partial charge on any atom is -0.459 e. The maximum atomic E-state index is 6.65. The van der Waals surface area contributed by atoms with Crippen LogP contribution < -0.4 is 9.64 Å². The Morgan fingerprint density at radius 2 is 1.84 bits per heavy atom. The van der Waals surface area contributed by atoms with Gasteiger partial charge in [0.1, 0.15) is 11.4 Å². The van der Waals surface area contributed by atoms with Gasteiger partial charge in [0.25, 0.3) is 0 Å². The molecule has 0 bridgehead atoms. The van der Waals surface area contributed by atoms with Gasteiger partial charge in [-0.2, -0.15) is 0 Å². The zero-order valence-corrected chi connectivity index (χ0v) is 14.5. The number of pyridine rings is 1. The highest BCUT2D eigenvalue weighted by Gasteiger charge is 2.58. The van der Waals surface area contributed by atoms with Crippen molar-refractivity contribution in [2.24, 2.45) is 4.99 Å². The number of aromatic nitrogens is 1. The number of aliphatic imine (C=N–C) groups is 1. The summed E-state index contributed by atoms with van der Waals surface area (Å²) in [6.07, 6.45) is 3.76. The van der Waals surface area contributed by atoms with E-state index < -0.39 is 5.72 Å². The minimum absolute atomic E-state index is 0.233. The van der Waals surface area contributed by atoms with E-state index >= 15 is 0 Å². The molecular formula is C21H19N3O. The largest absolute Gasteiger partial charge is 0.459 e. The molecule has 2 aliphatic heterocycles. The molecule has 0 N–H and O–H groups in total. The normalized spacial score (nSPS) is 22.8. The number of hydrogen-bond acceptors (Lipinski definition) is 4. The van der Waals surface area contributed by atoms with E-state index in [1.165, 1.54) is 11.3 Å². The maximum Gasteiger partial charge on any atom is 0.228 e. The summed E-state index contributed by atoms with van der Waals surface area (Å²) in [5, 5.41) is 1.02. The molecule has 2 aromatic carbocycles. The molecule has 5 rings (SSSR count). The highest BCUT2D eigenvalue weighted by Crippen LogP contribution is 2.53. The second-order valence-corrected chi connectivity index (χ2v) is 7.24. The number of para-hydroxylation sites is 1. The highest BCUT2D eigenvalue weighted by atomic mass is 16.5. The number of hydrogen-bond donors (Lipinski definition) is 0. The Morgan fingerprint density at radius 1 is 1.00 bits per heavy atom. The molecular weight excluding hydrogens is 310 g/mol. The van der Waals surface area contributed by atoms with E-state index in [1.54, 1.807) is 6.20 Å². The number of nitrogens with zero attached hydrogens (tertiary/aromatic N) is 3. The summed E-state index contributed by atoms with van der Waals surface area (Å²) >= 11 is 0. The first-order chi connectivity index (χ1) is 12.0. The average molecular weight is 329 g/mol. The summed E-state index contributed by atoms with van der Waals surface area (Å²) in [5.41, 5.74) is 3.37. The van der Waals surface area contributed by atoms with Gasteiger partial charge in [-0.05, 0) is 49.7 Å². The lowest BCUT2D eigenvalue weighted by atomic mass is 9.77. The molecule has 1 atom stereocenters.